The van der Waals surface area contributed by atoms with Gasteiger partial charge in [-0.2, -0.15) is 0 Å². The van der Waals surface area contributed by atoms with Gasteiger partial charge in [0.2, 0.25) is 0 Å². The van der Waals surface area contributed by atoms with Crippen molar-refractivity contribution in [3.63, 3.8) is 0 Å². The maximum Gasteiger partial charge on any atom is 0.404 e. The maximum absolute atomic E-state index is 10.2. The van der Waals surface area contributed by atoms with Crippen LogP contribution >= 0.6 is 0 Å². The minimum Gasteiger partial charge on any atom is -0.445 e. The minimum atomic E-state index is -0.742. The number of carbonyl (C=O) groups is 1. The third kappa shape index (κ3) is 8.89. The van der Waals surface area contributed by atoms with Crippen molar-refractivity contribution in [2.24, 2.45) is 11.7 Å². The summed E-state index contributed by atoms with van der Waals surface area (Å²) in [6.07, 6.45) is 11.2. The van der Waals surface area contributed by atoms with Gasteiger partial charge in [0.15, 0.2) is 0 Å². The number of nitrogens with zero attached hydrogens (tertiary/aromatic N) is 1. The molecule has 1 aliphatic carbocycles. The molecule has 1 amide bonds. The summed E-state index contributed by atoms with van der Waals surface area (Å²) in [5.74, 6) is 0.720. The highest BCUT2D eigenvalue weighted by atomic mass is 16.5. The monoisotopic (exact) mass is 383 g/mol. The molecule has 3 N–H and O–H groups in total. The third-order valence-electron chi connectivity index (χ3n) is 4.80. The molecule has 4 rings (SSSR count). The zero-order valence-electron chi connectivity index (χ0n) is 16.9. The van der Waals surface area contributed by atoms with E-state index in [-0.39, 0.29) is 6.61 Å². The van der Waals surface area contributed by atoms with Crippen LogP contribution in [0.3, 0.4) is 0 Å². The lowest BCUT2D eigenvalue weighted by Gasteiger charge is -2.21. The molecule has 0 saturated heterocycles. The predicted molar refractivity (Wildman–Crippen MR) is 114 cm³/mol. The van der Waals surface area contributed by atoms with E-state index in [1.807, 2.05) is 42.6 Å². The first kappa shape index (κ1) is 21.7. The van der Waals surface area contributed by atoms with Crippen molar-refractivity contribution in [1.29, 1.82) is 0 Å². The highest BCUT2D eigenvalue weighted by molar-refractivity contribution is 5.64. The standard InChI is InChI=1S/C9H12N2.C8H9NO2.C6H12/c1-7-5-9-8(11-6-7)3-2-4-10-9;9-8(10)11-6-7-4-2-1-3-5-7;1-2-4-6-5-3-1/h2-4,7,11H,5-6H2,1H3;1-5H,6H2,(H2,9,10);1-6H2. The summed E-state index contributed by atoms with van der Waals surface area (Å²) in [7, 11) is 0. The van der Waals surface area contributed by atoms with E-state index in [1.54, 1.807) is 0 Å². The Hall–Kier alpha value is -2.56. The summed E-state index contributed by atoms with van der Waals surface area (Å²) < 4.78 is 4.57. The Bertz CT molecular complexity index is 676. The van der Waals surface area contributed by atoms with Crippen molar-refractivity contribution in [3.05, 3.63) is 59.9 Å². The van der Waals surface area contributed by atoms with Crippen LogP contribution in [0.1, 0.15) is 56.7 Å². The number of hydrogen-bond acceptors (Lipinski definition) is 4. The van der Waals surface area contributed by atoms with Crippen molar-refractivity contribution in [2.45, 2.75) is 58.5 Å². The summed E-state index contributed by atoms with van der Waals surface area (Å²) >= 11 is 0. The van der Waals surface area contributed by atoms with Gasteiger partial charge in [-0.05, 0) is 30.0 Å². The first-order valence-corrected chi connectivity index (χ1v) is 10.3. The number of primary amides is 1. The number of nitrogens with one attached hydrogen (secondary N) is 1. The molecule has 5 heteroatoms. The molecule has 2 heterocycles. The Balaban J connectivity index is 0.000000157. The largest absolute Gasteiger partial charge is 0.445 e. The molecule has 1 aliphatic heterocycles. The van der Waals surface area contributed by atoms with Crippen molar-refractivity contribution in [2.75, 3.05) is 11.9 Å². The summed E-state index contributed by atoms with van der Waals surface area (Å²) in [6, 6.07) is 13.4. The molecule has 1 aromatic carbocycles. The average Bonchev–Trinajstić information content (AvgIpc) is 2.75. The molecular formula is C23H33N3O2. The second-order valence-corrected chi connectivity index (χ2v) is 7.40. The van der Waals surface area contributed by atoms with E-state index in [0.717, 1.165) is 24.4 Å². The molecule has 1 saturated carbocycles. The Morgan fingerprint density at radius 3 is 2.32 bits per heavy atom. The fourth-order valence-electron chi connectivity index (χ4n) is 3.24. The van der Waals surface area contributed by atoms with Crippen molar-refractivity contribution < 1.29 is 9.53 Å². The molecule has 5 nitrogen and oxygen atoms in total. The van der Waals surface area contributed by atoms with Gasteiger partial charge in [-0.1, -0.05) is 75.8 Å². The summed E-state index contributed by atoms with van der Waals surface area (Å²) in [5, 5.41) is 3.35. The Morgan fingerprint density at radius 2 is 1.71 bits per heavy atom. The number of hydrogen-bond donors (Lipinski definition) is 2. The van der Waals surface area contributed by atoms with Gasteiger partial charge in [-0.15, -0.1) is 0 Å². The summed E-state index contributed by atoms with van der Waals surface area (Å²) in [4.78, 5) is 14.5. The zero-order valence-corrected chi connectivity index (χ0v) is 16.9. The first-order chi connectivity index (χ1) is 13.6. The number of fused-ring (bicyclic) bond motifs is 1. The molecule has 1 unspecified atom stereocenters. The fourth-order valence-corrected chi connectivity index (χ4v) is 3.24. The summed E-state index contributed by atoms with van der Waals surface area (Å²) in [6.45, 7) is 3.57. The molecule has 1 fully saturated rings. The third-order valence-corrected chi connectivity index (χ3v) is 4.80. The Kier molecular flexibility index (Phi) is 9.91. The van der Waals surface area contributed by atoms with E-state index in [2.05, 4.69) is 28.0 Å². The second kappa shape index (κ2) is 12.8. The van der Waals surface area contributed by atoms with Gasteiger partial charge in [0.05, 0.1) is 11.4 Å². The van der Waals surface area contributed by atoms with Crippen LogP contribution in [0.2, 0.25) is 0 Å². The average molecular weight is 384 g/mol. The van der Waals surface area contributed by atoms with E-state index < -0.39 is 6.09 Å². The minimum absolute atomic E-state index is 0.246. The van der Waals surface area contributed by atoms with Gasteiger partial charge in [0.1, 0.15) is 6.61 Å². The fraction of sp³-hybridized carbons (Fsp3) is 0.478. The lowest BCUT2D eigenvalue weighted by Crippen LogP contribution is -2.21. The number of benzene rings is 1. The van der Waals surface area contributed by atoms with Crippen LogP contribution in [0.25, 0.3) is 0 Å². The molecule has 0 bridgehead atoms. The van der Waals surface area contributed by atoms with E-state index in [4.69, 9.17) is 5.73 Å². The van der Waals surface area contributed by atoms with E-state index in [0.29, 0.717) is 0 Å². The van der Waals surface area contributed by atoms with Gasteiger partial charge >= 0.3 is 6.09 Å². The van der Waals surface area contributed by atoms with E-state index in [1.165, 1.54) is 49.9 Å². The topological polar surface area (TPSA) is 77.2 Å². The SMILES string of the molecule is C1CCCCC1.CC1CNc2cccnc2C1.NC(=O)OCc1ccccc1. The van der Waals surface area contributed by atoms with Gasteiger partial charge in [0, 0.05) is 12.7 Å². The number of rotatable bonds is 2. The number of anilines is 1. The molecule has 28 heavy (non-hydrogen) atoms. The van der Waals surface area contributed by atoms with Gasteiger partial charge in [0.25, 0.3) is 0 Å². The van der Waals surface area contributed by atoms with Crippen LogP contribution in [-0.2, 0) is 17.8 Å². The van der Waals surface area contributed by atoms with E-state index >= 15 is 0 Å². The summed E-state index contributed by atoms with van der Waals surface area (Å²) in [5.41, 5.74) is 8.14. The molecule has 2 aliphatic rings. The van der Waals surface area contributed by atoms with Crippen LogP contribution < -0.4 is 11.1 Å². The van der Waals surface area contributed by atoms with Gasteiger partial charge in [-0.3, -0.25) is 4.98 Å². The molecule has 1 atom stereocenters. The molecule has 0 radical (unpaired) electrons. The Morgan fingerprint density at radius 1 is 1.07 bits per heavy atom. The van der Waals surface area contributed by atoms with Crippen molar-refractivity contribution in [1.82, 2.24) is 4.98 Å². The van der Waals surface area contributed by atoms with Gasteiger partial charge < -0.3 is 15.8 Å². The lowest BCUT2D eigenvalue weighted by molar-refractivity contribution is 0.150. The normalized spacial score (nSPS) is 17.4. The smallest absolute Gasteiger partial charge is 0.404 e. The number of aromatic nitrogens is 1. The number of amides is 1. The quantitative estimate of drug-likeness (QED) is 0.737. The molecule has 2 aromatic rings. The van der Waals surface area contributed by atoms with Crippen LogP contribution in [0.5, 0.6) is 0 Å². The van der Waals surface area contributed by atoms with Crippen LogP contribution in [0, 0.1) is 5.92 Å². The maximum atomic E-state index is 10.2. The molecular weight excluding hydrogens is 350 g/mol. The van der Waals surface area contributed by atoms with Crippen LogP contribution in [0.4, 0.5) is 10.5 Å². The highest BCUT2D eigenvalue weighted by Crippen LogP contribution is 2.21. The predicted octanol–water partition coefficient (Wildman–Crippen LogP) is 5.31. The number of nitrogens with two attached hydrogens (primary N) is 1. The Labute approximate surface area is 168 Å². The second-order valence-electron chi connectivity index (χ2n) is 7.40. The number of ether oxygens (including phenoxy) is 1. The van der Waals surface area contributed by atoms with Crippen molar-refractivity contribution >= 4 is 11.8 Å². The van der Waals surface area contributed by atoms with Crippen LogP contribution in [-0.4, -0.2) is 17.6 Å². The molecule has 1 aromatic heterocycles. The van der Waals surface area contributed by atoms with E-state index in [9.17, 15) is 4.79 Å². The molecule has 0 spiro atoms. The van der Waals surface area contributed by atoms with Crippen LogP contribution in [0.15, 0.2) is 48.7 Å². The first-order valence-electron chi connectivity index (χ1n) is 10.3. The highest BCUT2D eigenvalue weighted by Gasteiger charge is 2.13. The number of carbonyl (C=O) groups excluding carboxylic acids is 1. The van der Waals surface area contributed by atoms with Crippen molar-refractivity contribution in [3.8, 4) is 0 Å². The lowest BCUT2D eigenvalue weighted by atomic mass is 10.0. The zero-order chi connectivity index (χ0) is 20.0. The van der Waals surface area contributed by atoms with Gasteiger partial charge in [-0.25, -0.2) is 4.79 Å². The molecule has 152 valence electrons. The number of pyridine rings is 1.